The third kappa shape index (κ3) is 1.88. The van der Waals surface area contributed by atoms with E-state index in [2.05, 4.69) is 10.3 Å². The summed E-state index contributed by atoms with van der Waals surface area (Å²) in [7, 11) is 0. The smallest absolute Gasteiger partial charge is 0.267 e. The fourth-order valence-electron chi connectivity index (χ4n) is 1.87. The van der Waals surface area contributed by atoms with E-state index >= 15 is 0 Å². The molecule has 0 atom stereocenters. The second-order valence-electron chi connectivity index (χ2n) is 4.05. The van der Waals surface area contributed by atoms with Crippen molar-refractivity contribution in [2.24, 2.45) is 0 Å². The zero-order valence-corrected chi connectivity index (χ0v) is 9.60. The summed E-state index contributed by atoms with van der Waals surface area (Å²) in [5, 5.41) is 7.92. The van der Waals surface area contributed by atoms with Crippen LogP contribution in [0.1, 0.15) is 22.0 Å². The number of hydrogen-bond donors (Lipinski definition) is 0. The fourth-order valence-corrected chi connectivity index (χ4v) is 1.87. The summed E-state index contributed by atoms with van der Waals surface area (Å²) >= 11 is 0. The summed E-state index contributed by atoms with van der Waals surface area (Å²) in [6.07, 6.45) is 9.63. The van der Waals surface area contributed by atoms with Crippen molar-refractivity contribution in [1.82, 2.24) is 15.0 Å². The molecule has 18 heavy (non-hydrogen) atoms. The molecule has 4 heteroatoms. The highest BCUT2D eigenvalue weighted by atomic mass is 16.2. The van der Waals surface area contributed by atoms with E-state index in [4.69, 9.17) is 0 Å². The van der Waals surface area contributed by atoms with E-state index in [1.807, 2.05) is 42.5 Å². The van der Waals surface area contributed by atoms with Crippen LogP contribution in [0, 0.1) is 0 Å². The number of carbonyl (C=O) groups excluding carboxylic acids is 1. The van der Waals surface area contributed by atoms with E-state index in [1.165, 1.54) is 4.68 Å². The third-order valence-electron chi connectivity index (χ3n) is 2.83. The van der Waals surface area contributed by atoms with Crippen LogP contribution in [0.25, 0.3) is 0 Å². The minimum absolute atomic E-state index is 0.127. The summed E-state index contributed by atoms with van der Waals surface area (Å²) in [5.41, 5.74) is 1.38. The molecule has 0 fully saturated rings. The summed E-state index contributed by atoms with van der Waals surface area (Å²) < 4.78 is 1.28. The van der Waals surface area contributed by atoms with Crippen molar-refractivity contribution in [2.45, 2.75) is 5.92 Å². The average Bonchev–Trinajstić information content (AvgIpc) is 3.09. The van der Waals surface area contributed by atoms with Crippen molar-refractivity contribution in [3.63, 3.8) is 0 Å². The van der Waals surface area contributed by atoms with Gasteiger partial charge in [-0.05, 0) is 12.1 Å². The lowest BCUT2D eigenvalue weighted by molar-refractivity contribution is 0.0943. The molecule has 1 aliphatic carbocycles. The summed E-state index contributed by atoms with van der Waals surface area (Å²) in [6, 6.07) is 9.05. The van der Waals surface area contributed by atoms with Crippen molar-refractivity contribution in [3.05, 3.63) is 72.1 Å². The monoisotopic (exact) mass is 237 g/mol. The minimum Gasteiger partial charge on any atom is -0.267 e. The molecule has 0 saturated heterocycles. The molecular formula is C14H11N3O. The van der Waals surface area contributed by atoms with E-state index in [9.17, 15) is 4.79 Å². The minimum atomic E-state index is -0.166. The number of allylic oxidation sites excluding steroid dienone is 4. The number of benzene rings is 1. The Morgan fingerprint density at radius 2 is 1.83 bits per heavy atom. The maximum Gasteiger partial charge on any atom is 0.279 e. The Labute approximate surface area is 104 Å². The molecule has 0 radical (unpaired) electrons. The average molecular weight is 237 g/mol. The third-order valence-corrected chi connectivity index (χ3v) is 2.83. The van der Waals surface area contributed by atoms with Gasteiger partial charge < -0.3 is 0 Å². The number of carbonyl (C=O) groups is 1. The lowest BCUT2D eigenvalue weighted by Gasteiger charge is -1.99. The number of aromatic nitrogens is 3. The van der Waals surface area contributed by atoms with Gasteiger partial charge in [0, 0.05) is 11.5 Å². The lowest BCUT2D eigenvalue weighted by Crippen LogP contribution is -2.12. The molecule has 2 aromatic rings. The van der Waals surface area contributed by atoms with Crippen molar-refractivity contribution in [3.8, 4) is 0 Å². The van der Waals surface area contributed by atoms with Gasteiger partial charge in [0.1, 0.15) is 0 Å². The molecule has 0 unspecified atom stereocenters. The second-order valence-corrected chi connectivity index (χ2v) is 4.05. The molecule has 1 heterocycles. The van der Waals surface area contributed by atoms with Gasteiger partial charge in [-0.1, -0.05) is 47.7 Å². The highest BCUT2D eigenvalue weighted by molar-refractivity contribution is 5.95. The first kappa shape index (κ1) is 10.7. The van der Waals surface area contributed by atoms with Crippen LogP contribution >= 0.6 is 0 Å². The Bertz CT molecular complexity index is 613. The van der Waals surface area contributed by atoms with Gasteiger partial charge in [0.25, 0.3) is 5.91 Å². The molecular weight excluding hydrogens is 226 g/mol. The number of rotatable bonds is 2. The lowest BCUT2D eigenvalue weighted by atomic mass is 10.1. The largest absolute Gasteiger partial charge is 0.279 e. The van der Waals surface area contributed by atoms with Crippen molar-refractivity contribution >= 4 is 5.91 Å². The Morgan fingerprint density at radius 3 is 2.56 bits per heavy atom. The zero-order valence-electron chi connectivity index (χ0n) is 9.60. The van der Waals surface area contributed by atoms with Crippen LogP contribution in [0.4, 0.5) is 0 Å². The van der Waals surface area contributed by atoms with E-state index in [-0.39, 0.29) is 11.8 Å². The van der Waals surface area contributed by atoms with E-state index in [0.717, 1.165) is 5.69 Å². The quantitative estimate of drug-likeness (QED) is 0.804. The van der Waals surface area contributed by atoms with Crippen molar-refractivity contribution in [2.75, 3.05) is 0 Å². The Morgan fingerprint density at radius 1 is 1.11 bits per heavy atom. The second kappa shape index (κ2) is 4.41. The van der Waals surface area contributed by atoms with Gasteiger partial charge in [0.15, 0.2) is 0 Å². The van der Waals surface area contributed by atoms with E-state index < -0.39 is 0 Å². The normalized spacial score (nSPS) is 14.2. The maximum atomic E-state index is 12.1. The Balaban J connectivity index is 1.87. The van der Waals surface area contributed by atoms with Crippen LogP contribution in [0.5, 0.6) is 0 Å². The maximum absolute atomic E-state index is 12.1. The Hall–Kier alpha value is -2.49. The standard InChI is InChI=1S/C14H11N3O/c18-14(12-8-2-1-3-9-12)17-10-13(15-16-17)11-6-4-5-7-11/h1-11H. The summed E-state index contributed by atoms with van der Waals surface area (Å²) in [6.45, 7) is 0. The molecule has 4 nitrogen and oxygen atoms in total. The Kier molecular flexibility index (Phi) is 2.61. The van der Waals surface area contributed by atoms with Gasteiger partial charge >= 0.3 is 0 Å². The number of nitrogens with zero attached hydrogens (tertiary/aromatic N) is 3. The highest BCUT2D eigenvalue weighted by Gasteiger charge is 2.15. The molecule has 0 saturated carbocycles. The first-order valence-corrected chi connectivity index (χ1v) is 5.71. The van der Waals surface area contributed by atoms with Gasteiger partial charge in [-0.3, -0.25) is 4.79 Å². The van der Waals surface area contributed by atoms with Crippen LogP contribution in [-0.4, -0.2) is 20.9 Å². The van der Waals surface area contributed by atoms with E-state index in [1.54, 1.807) is 18.3 Å². The van der Waals surface area contributed by atoms with Crippen LogP contribution in [0.15, 0.2) is 60.8 Å². The molecule has 88 valence electrons. The SMILES string of the molecule is O=C(c1ccccc1)n1cc(C2C=CC=C2)nn1. The predicted molar refractivity (Wildman–Crippen MR) is 67.2 cm³/mol. The van der Waals surface area contributed by atoms with Gasteiger partial charge in [-0.15, -0.1) is 5.10 Å². The van der Waals surface area contributed by atoms with Crippen LogP contribution in [0.2, 0.25) is 0 Å². The molecule has 0 aliphatic heterocycles. The van der Waals surface area contributed by atoms with Gasteiger partial charge in [-0.2, -0.15) is 4.68 Å². The summed E-state index contributed by atoms with van der Waals surface area (Å²) in [5.74, 6) is -0.0392. The topological polar surface area (TPSA) is 47.8 Å². The van der Waals surface area contributed by atoms with Crippen molar-refractivity contribution < 1.29 is 4.79 Å². The first-order valence-electron chi connectivity index (χ1n) is 5.71. The van der Waals surface area contributed by atoms with Crippen LogP contribution < -0.4 is 0 Å². The predicted octanol–water partition coefficient (Wildman–Crippen LogP) is 2.18. The molecule has 1 aromatic heterocycles. The fraction of sp³-hybridized carbons (Fsp3) is 0.0714. The van der Waals surface area contributed by atoms with Gasteiger partial charge in [0.05, 0.1) is 11.9 Å². The zero-order chi connectivity index (χ0) is 12.4. The molecule has 0 N–H and O–H groups in total. The molecule has 0 spiro atoms. The first-order chi connectivity index (χ1) is 8.84. The number of hydrogen-bond acceptors (Lipinski definition) is 3. The van der Waals surface area contributed by atoms with Crippen molar-refractivity contribution in [1.29, 1.82) is 0 Å². The molecule has 1 aromatic carbocycles. The van der Waals surface area contributed by atoms with Crippen LogP contribution in [-0.2, 0) is 0 Å². The highest BCUT2D eigenvalue weighted by Crippen LogP contribution is 2.20. The molecule has 3 rings (SSSR count). The molecule has 0 amide bonds. The summed E-state index contributed by atoms with van der Waals surface area (Å²) in [4.78, 5) is 12.1. The molecule has 1 aliphatic rings. The van der Waals surface area contributed by atoms with Gasteiger partial charge in [-0.25, -0.2) is 0 Å². The van der Waals surface area contributed by atoms with Gasteiger partial charge in [0.2, 0.25) is 0 Å². The van der Waals surface area contributed by atoms with Crippen LogP contribution in [0.3, 0.4) is 0 Å². The van der Waals surface area contributed by atoms with E-state index in [0.29, 0.717) is 5.56 Å². The molecule has 0 bridgehead atoms.